The highest BCUT2D eigenvalue weighted by molar-refractivity contribution is 7.23. The summed E-state index contributed by atoms with van der Waals surface area (Å²) in [5, 5.41) is 3.47. The van der Waals surface area contributed by atoms with Gasteiger partial charge in [0.25, 0.3) is 5.91 Å². The fourth-order valence-corrected chi connectivity index (χ4v) is 5.20. The van der Waals surface area contributed by atoms with Crippen molar-refractivity contribution in [3.63, 3.8) is 0 Å². The quantitative estimate of drug-likeness (QED) is 0.230. The zero-order chi connectivity index (χ0) is 23.5. The van der Waals surface area contributed by atoms with Crippen LogP contribution in [-0.2, 0) is 11.3 Å². The van der Waals surface area contributed by atoms with Gasteiger partial charge >= 0.3 is 0 Å². The first-order valence-corrected chi connectivity index (χ1v) is 12.2. The van der Waals surface area contributed by atoms with Gasteiger partial charge in [0.05, 0.1) is 21.6 Å². The molecule has 1 amide bonds. The van der Waals surface area contributed by atoms with Crippen LogP contribution in [0.1, 0.15) is 12.0 Å². The minimum atomic E-state index is -0.147. The molecule has 35 heavy (non-hydrogen) atoms. The molecule has 2 aromatic heterocycles. The Morgan fingerprint density at radius 1 is 1.14 bits per heavy atom. The van der Waals surface area contributed by atoms with Crippen molar-refractivity contribution in [3.05, 3.63) is 83.9 Å². The SMILES string of the molecule is Cc1ccc(Cl)c2sc(N(CCCn3ccnc3)C(=O)COc3ccc4ccccc4c3)nc12.Cl. The maximum atomic E-state index is 13.3. The Hall–Kier alpha value is -3.13. The highest BCUT2D eigenvalue weighted by Gasteiger charge is 2.21. The van der Waals surface area contributed by atoms with Crippen molar-refractivity contribution in [2.75, 3.05) is 18.1 Å². The number of imidazole rings is 1. The van der Waals surface area contributed by atoms with E-state index >= 15 is 0 Å². The van der Waals surface area contributed by atoms with E-state index in [4.69, 9.17) is 21.3 Å². The van der Waals surface area contributed by atoms with Crippen LogP contribution in [0.2, 0.25) is 5.02 Å². The van der Waals surface area contributed by atoms with E-state index in [2.05, 4.69) is 4.98 Å². The molecule has 0 fully saturated rings. The molecule has 0 atom stereocenters. The number of anilines is 1. The normalized spacial score (nSPS) is 10.9. The topological polar surface area (TPSA) is 60.2 Å². The largest absolute Gasteiger partial charge is 0.484 e. The highest BCUT2D eigenvalue weighted by Crippen LogP contribution is 2.35. The third-order valence-electron chi connectivity index (χ3n) is 5.66. The number of hydrogen-bond acceptors (Lipinski definition) is 5. The van der Waals surface area contributed by atoms with Gasteiger partial charge in [0.2, 0.25) is 0 Å². The molecule has 0 saturated heterocycles. The third-order valence-corrected chi connectivity index (χ3v) is 7.20. The molecule has 2 heterocycles. The molecule has 9 heteroatoms. The molecular formula is C26H24Cl2N4O2S. The number of carbonyl (C=O) groups excluding carboxylic acids is 1. The molecule has 180 valence electrons. The van der Waals surface area contributed by atoms with Gasteiger partial charge in [-0.2, -0.15) is 0 Å². The second kappa shape index (κ2) is 11.1. The summed E-state index contributed by atoms with van der Waals surface area (Å²) in [6.07, 6.45) is 6.19. The summed E-state index contributed by atoms with van der Waals surface area (Å²) in [6.45, 7) is 3.18. The van der Waals surface area contributed by atoms with Crippen LogP contribution in [0.25, 0.3) is 21.0 Å². The van der Waals surface area contributed by atoms with Gasteiger partial charge in [-0.25, -0.2) is 9.97 Å². The van der Waals surface area contributed by atoms with Crippen molar-refractivity contribution in [2.24, 2.45) is 0 Å². The molecule has 0 spiro atoms. The fraction of sp³-hybridized carbons (Fsp3) is 0.192. The van der Waals surface area contributed by atoms with Gasteiger partial charge in [-0.15, -0.1) is 12.4 Å². The van der Waals surface area contributed by atoms with Crippen molar-refractivity contribution >= 4 is 67.4 Å². The molecule has 5 aromatic rings. The Labute approximate surface area is 218 Å². The molecular weight excluding hydrogens is 503 g/mol. The average molecular weight is 527 g/mol. The highest BCUT2D eigenvalue weighted by atomic mass is 35.5. The average Bonchev–Trinajstić information content (AvgIpc) is 3.53. The first-order valence-electron chi connectivity index (χ1n) is 11.0. The van der Waals surface area contributed by atoms with E-state index in [0.29, 0.717) is 22.4 Å². The van der Waals surface area contributed by atoms with Crippen LogP contribution < -0.4 is 9.64 Å². The standard InChI is InChI=1S/C26H23ClN4O2S.ClH/c1-18-7-10-22(27)25-24(18)29-26(34-25)31(13-4-12-30-14-11-28-17-30)23(32)16-33-21-9-8-19-5-2-3-6-20(19)15-21;/h2-3,5-11,14-15,17H,4,12-13,16H2,1H3;1H. The molecule has 6 nitrogen and oxygen atoms in total. The second-order valence-electron chi connectivity index (χ2n) is 8.04. The number of fused-ring (bicyclic) bond motifs is 2. The number of aromatic nitrogens is 3. The van der Waals surface area contributed by atoms with E-state index in [9.17, 15) is 4.79 Å². The van der Waals surface area contributed by atoms with Gasteiger partial charge in [0, 0.05) is 25.5 Å². The zero-order valence-corrected chi connectivity index (χ0v) is 21.4. The minimum absolute atomic E-state index is 0. The Morgan fingerprint density at radius 2 is 1.97 bits per heavy atom. The van der Waals surface area contributed by atoms with Gasteiger partial charge < -0.3 is 9.30 Å². The van der Waals surface area contributed by atoms with Gasteiger partial charge in [-0.05, 0) is 47.9 Å². The molecule has 0 radical (unpaired) electrons. The lowest BCUT2D eigenvalue weighted by Gasteiger charge is -2.20. The summed E-state index contributed by atoms with van der Waals surface area (Å²) in [5.41, 5.74) is 1.86. The van der Waals surface area contributed by atoms with Gasteiger partial charge in [-0.1, -0.05) is 59.3 Å². The number of amides is 1. The molecule has 3 aromatic carbocycles. The predicted molar refractivity (Wildman–Crippen MR) is 145 cm³/mol. The number of halogens is 2. The van der Waals surface area contributed by atoms with Gasteiger partial charge in [0.1, 0.15) is 5.75 Å². The smallest absolute Gasteiger partial charge is 0.266 e. The summed E-state index contributed by atoms with van der Waals surface area (Å²) in [4.78, 5) is 23.9. The Morgan fingerprint density at radius 3 is 2.74 bits per heavy atom. The van der Waals surface area contributed by atoms with Crippen LogP contribution in [0.15, 0.2) is 73.3 Å². The maximum absolute atomic E-state index is 13.3. The third kappa shape index (κ3) is 5.59. The molecule has 0 saturated carbocycles. The lowest BCUT2D eigenvalue weighted by atomic mass is 10.1. The second-order valence-corrected chi connectivity index (χ2v) is 9.42. The van der Waals surface area contributed by atoms with Crippen molar-refractivity contribution in [3.8, 4) is 5.75 Å². The van der Waals surface area contributed by atoms with Crippen LogP contribution >= 0.6 is 35.3 Å². The molecule has 5 rings (SSSR count). The first kappa shape index (κ1) is 25.0. The lowest BCUT2D eigenvalue weighted by molar-refractivity contribution is -0.120. The number of ether oxygens (including phenoxy) is 1. The summed E-state index contributed by atoms with van der Waals surface area (Å²) >= 11 is 7.85. The van der Waals surface area contributed by atoms with Gasteiger partial charge in [-0.3, -0.25) is 9.69 Å². The van der Waals surface area contributed by atoms with E-state index in [1.165, 1.54) is 11.3 Å². The Balaban J connectivity index is 0.00000289. The number of rotatable bonds is 8. The van der Waals surface area contributed by atoms with Crippen molar-refractivity contribution in [2.45, 2.75) is 19.9 Å². The number of nitrogens with zero attached hydrogens (tertiary/aromatic N) is 4. The van der Waals surface area contributed by atoms with E-state index in [-0.39, 0.29) is 24.9 Å². The molecule has 0 aliphatic rings. The predicted octanol–water partition coefficient (Wildman–Crippen LogP) is 6.53. The summed E-state index contributed by atoms with van der Waals surface area (Å²) in [7, 11) is 0. The van der Waals surface area contributed by atoms with Crippen LogP contribution in [0, 0.1) is 6.92 Å². The molecule has 0 aliphatic heterocycles. The van der Waals surface area contributed by atoms with Crippen LogP contribution in [0.4, 0.5) is 5.13 Å². The number of aryl methyl sites for hydroxylation is 2. The maximum Gasteiger partial charge on any atom is 0.266 e. The van der Waals surface area contributed by atoms with Gasteiger partial charge in [0.15, 0.2) is 11.7 Å². The Bertz CT molecular complexity index is 1410. The zero-order valence-electron chi connectivity index (χ0n) is 19.1. The van der Waals surface area contributed by atoms with E-state index in [1.807, 2.05) is 72.3 Å². The van der Waals surface area contributed by atoms with E-state index in [1.54, 1.807) is 17.4 Å². The fourth-order valence-electron chi connectivity index (χ4n) is 3.84. The molecule has 0 unspecified atom stereocenters. The molecule has 0 bridgehead atoms. The van der Waals surface area contributed by atoms with E-state index in [0.717, 1.165) is 39.5 Å². The number of hydrogen-bond donors (Lipinski definition) is 0. The number of carbonyl (C=O) groups is 1. The summed E-state index contributed by atoms with van der Waals surface area (Å²) < 4.78 is 8.78. The molecule has 0 aliphatic carbocycles. The lowest BCUT2D eigenvalue weighted by Crippen LogP contribution is -2.36. The van der Waals surface area contributed by atoms with Crippen molar-refractivity contribution < 1.29 is 9.53 Å². The molecule has 0 N–H and O–H groups in total. The first-order chi connectivity index (χ1) is 16.6. The summed E-state index contributed by atoms with van der Waals surface area (Å²) in [6, 6.07) is 17.7. The number of benzene rings is 3. The summed E-state index contributed by atoms with van der Waals surface area (Å²) in [5.74, 6) is 0.514. The van der Waals surface area contributed by atoms with Crippen molar-refractivity contribution in [1.29, 1.82) is 0 Å². The Kier molecular flexibility index (Phi) is 7.90. The van der Waals surface area contributed by atoms with E-state index < -0.39 is 0 Å². The number of thiazole rings is 1. The van der Waals surface area contributed by atoms with Crippen molar-refractivity contribution in [1.82, 2.24) is 14.5 Å². The monoisotopic (exact) mass is 526 g/mol. The van der Waals surface area contributed by atoms with Crippen LogP contribution in [0.3, 0.4) is 0 Å². The van der Waals surface area contributed by atoms with Crippen LogP contribution in [0.5, 0.6) is 5.75 Å². The van der Waals surface area contributed by atoms with Crippen LogP contribution in [-0.4, -0.2) is 33.6 Å². The minimum Gasteiger partial charge on any atom is -0.484 e.